The summed E-state index contributed by atoms with van der Waals surface area (Å²) in [5, 5.41) is 7.42. The maximum Gasteiger partial charge on any atom is 0.224 e. The van der Waals surface area contributed by atoms with Crippen LogP contribution >= 0.6 is 0 Å². The van der Waals surface area contributed by atoms with Gasteiger partial charge in [0.05, 0.1) is 30.0 Å². The van der Waals surface area contributed by atoms with Crippen LogP contribution in [0.3, 0.4) is 0 Å². The summed E-state index contributed by atoms with van der Waals surface area (Å²) in [6.45, 7) is 0.390. The first-order valence-electron chi connectivity index (χ1n) is 9.54. The van der Waals surface area contributed by atoms with E-state index in [1.807, 2.05) is 61.6 Å². The minimum absolute atomic E-state index is 0.0255. The Hall–Kier alpha value is -3.73. The van der Waals surface area contributed by atoms with E-state index in [2.05, 4.69) is 39.7 Å². The minimum atomic E-state index is -0.0255. The summed E-state index contributed by atoms with van der Waals surface area (Å²) in [6.07, 6.45) is 2.10. The lowest BCUT2D eigenvalue weighted by molar-refractivity contribution is -0.120. The summed E-state index contributed by atoms with van der Waals surface area (Å²) in [5.74, 6) is -0.0255. The molecule has 5 nitrogen and oxygen atoms in total. The number of benzene rings is 2. The van der Waals surface area contributed by atoms with Crippen molar-refractivity contribution in [2.75, 3.05) is 0 Å². The zero-order chi connectivity index (χ0) is 20.1. The molecule has 0 bridgehead atoms. The Morgan fingerprint density at radius 3 is 2.38 bits per heavy atom. The molecule has 0 atom stereocenters. The maximum absolute atomic E-state index is 12.3. The quantitative estimate of drug-likeness (QED) is 0.548. The van der Waals surface area contributed by atoms with Gasteiger partial charge < -0.3 is 5.32 Å². The predicted octanol–water partition coefficient (Wildman–Crippen LogP) is 4.01. The molecule has 2 heterocycles. The fourth-order valence-electron chi connectivity index (χ4n) is 3.25. The van der Waals surface area contributed by atoms with Crippen LogP contribution in [0, 0.1) is 0 Å². The van der Waals surface area contributed by atoms with Crippen LogP contribution in [0.4, 0.5) is 0 Å². The van der Waals surface area contributed by atoms with Crippen molar-refractivity contribution < 1.29 is 4.79 Å². The van der Waals surface area contributed by atoms with Gasteiger partial charge in [-0.2, -0.15) is 5.10 Å². The SMILES string of the molecule is Cn1nc(CNC(=O)Cc2ccc(-c3ccccc3)cc2)cc1-c1ccccn1. The van der Waals surface area contributed by atoms with Crippen molar-refractivity contribution >= 4 is 5.91 Å². The van der Waals surface area contributed by atoms with E-state index in [1.54, 1.807) is 10.9 Å². The Morgan fingerprint density at radius 1 is 0.931 bits per heavy atom. The third kappa shape index (κ3) is 4.58. The molecule has 2 aromatic carbocycles. The molecular weight excluding hydrogens is 360 g/mol. The van der Waals surface area contributed by atoms with E-state index in [1.165, 1.54) is 5.56 Å². The summed E-state index contributed by atoms with van der Waals surface area (Å²) in [5.41, 5.74) is 5.89. The summed E-state index contributed by atoms with van der Waals surface area (Å²) in [4.78, 5) is 16.7. The van der Waals surface area contributed by atoms with Gasteiger partial charge in [0, 0.05) is 13.2 Å². The third-order valence-electron chi connectivity index (χ3n) is 4.75. The molecule has 0 saturated heterocycles. The van der Waals surface area contributed by atoms with Crippen LogP contribution < -0.4 is 5.32 Å². The number of carbonyl (C=O) groups excluding carboxylic acids is 1. The molecule has 0 aliphatic carbocycles. The summed E-state index contributed by atoms with van der Waals surface area (Å²) in [7, 11) is 1.88. The van der Waals surface area contributed by atoms with Gasteiger partial charge in [-0.3, -0.25) is 14.5 Å². The molecule has 0 fully saturated rings. The molecule has 4 rings (SSSR count). The van der Waals surface area contributed by atoms with Crippen LogP contribution in [-0.4, -0.2) is 20.7 Å². The first-order chi connectivity index (χ1) is 14.2. The predicted molar refractivity (Wildman–Crippen MR) is 114 cm³/mol. The molecule has 0 radical (unpaired) electrons. The third-order valence-corrected chi connectivity index (χ3v) is 4.75. The van der Waals surface area contributed by atoms with E-state index in [4.69, 9.17) is 0 Å². The van der Waals surface area contributed by atoms with E-state index in [0.717, 1.165) is 28.2 Å². The summed E-state index contributed by atoms with van der Waals surface area (Å²) >= 11 is 0. The number of amides is 1. The molecule has 29 heavy (non-hydrogen) atoms. The van der Waals surface area contributed by atoms with Gasteiger partial charge in [0.1, 0.15) is 0 Å². The number of aryl methyl sites for hydroxylation is 1. The van der Waals surface area contributed by atoms with E-state index >= 15 is 0 Å². The zero-order valence-electron chi connectivity index (χ0n) is 16.2. The monoisotopic (exact) mass is 382 g/mol. The lowest BCUT2D eigenvalue weighted by Crippen LogP contribution is -2.24. The van der Waals surface area contributed by atoms with Gasteiger partial charge >= 0.3 is 0 Å². The van der Waals surface area contributed by atoms with Gasteiger partial charge in [-0.05, 0) is 34.9 Å². The smallest absolute Gasteiger partial charge is 0.224 e. The van der Waals surface area contributed by atoms with E-state index in [-0.39, 0.29) is 5.91 Å². The van der Waals surface area contributed by atoms with Crippen molar-refractivity contribution in [3.05, 3.63) is 96.3 Å². The molecule has 0 spiro atoms. The second-order valence-corrected chi connectivity index (χ2v) is 6.88. The second kappa shape index (κ2) is 8.52. The standard InChI is InChI=1S/C24H22N4O/c1-28-23(22-9-5-6-14-25-22)16-21(27-28)17-26-24(29)15-18-10-12-20(13-11-18)19-7-3-2-4-8-19/h2-14,16H,15,17H2,1H3,(H,26,29). The van der Waals surface area contributed by atoms with Gasteiger partial charge in [0.25, 0.3) is 0 Å². The highest BCUT2D eigenvalue weighted by atomic mass is 16.1. The lowest BCUT2D eigenvalue weighted by Gasteiger charge is -2.05. The number of pyridine rings is 1. The molecule has 0 aliphatic heterocycles. The number of rotatable bonds is 6. The van der Waals surface area contributed by atoms with Crippen molar-refractivity contribution in [2.24, 2.45) is 7.05 Å². The fraction of sp³-hybridized carbons (Fsp3) is 0.125. The number of nitrogens with one attached hydrogen (secondary N) is 1. The van der Waals surface area contributed by atoms with E-state index in [0.29, 0.717) is 13.0 Å². The highest BCUT2D eigenvalue weighted by Gasteiger charge is 2.10. The highest BCUT2D eigenvalue weighted by molar-refractivity contribution is 5.78. The normalized spacial score (nSPS) is 10.7. The molecule has 0 unspecified atom stereocenters. The minimum Gasteiger partial charge on any atom is -0.350 e. The molecule has 5 heteroatoms. The van der Waals surface area contributed by atoms with Crippen molar-refractivity contribution in [3.8, 4) is 22.5 Å². The average molecular weight is 382 g/mol. The number of carbonyl (C=O) groups is 1. The van der Waals surface area contributed by atoms with Crippen LogP contribution in [0.25, 0.3) is 22.5 Å². The Balaban J connectivity index is 1.35. The van der Waals surface area contributed by atoms with Crippen LogP contribution in [0.5, 0.6) is 0 Å². The zero-order valence-corrected chi connectivity index (χ0v) is 16.2. The topological polar surface area (TPSA) is 59.8 Å². The molecule has 1 N–H and O–H groups in total. The molecule has 0 aliphatic rings. The Kier molecular flexibility index (Phi) is 5.47. The first-order valence-corrected chi connectivity index (χ1v) is 9.54. The molecular formula is C24H22N4O. The lowest BCUT2D eigenvalue weighted by atomic mass is 10.0. The number of hydrogen-bond donors (Lipinski definition) is 1. The molecule has 1 amide bonds. The maximum atomic E-state index is 12.3. The Morgan fingerprint density at radius 2 is 1.66 bits per heavy atom. The van der Waals surface area contributed by atoms with E-state index in [9.17, 15) is 4.79 Å². The Bertz CT molecular complexity index is 1090. The fourth-order valence-corrected chi connectivity index (χ4v) is 3.25. The summed E-state index contributed by atoms with van der Waals surface area (Å²) < 4.78 is 1.78. The van der Waals surface area contributed by atoms with Crippen LogP contribution in [-0.2, 0) is 24.8 Å². The van der Waals surface area contributed by atoms with Crippen molar-refractivity contribution in [2.45, 2.75) is 13.0 Å². The first kappa shape index (κ1) is 18.6. The second-order valence-electron chi connectivity index (χ2n) is 6.88. The number of hydrogen-bond acceptors (Lipinski definition) is 3. The molecule has 2 aromatic heterocycles. The number of nitrogens with zero attached hydrogens (tertiary/aromatic N) is 3. The summed E-state index contributed by atoms with van der Waals surface area (Å²) in [6, 6.07) is 26.0. The van der Waals surface area contributed by atoms with Crippen LogP contribution in [0.1, 0.15) is 11.3 Å². The number of aromatic nitrogens is 3. The van der Waals surface area contributed by atoms with Gasteiger partial charge in [0.2, 0.25) is 5.91 Å². The van der Waals surface area contributed by atoms with Gasteiger partial charge in [-0.15, -0.1) is 0 Å². The van der Waals surface area contributed by atoms with Crippen molar-refractivity contribution in [1.29, 1.82) is 0 Å². The molecule has 4 aromatic rings. The average Bonchev–Trinajstić information content (AvgIpc) is 3.15. The van der Waals surface area contributed by atoms with Crippen molar-refractivity contribution in [3.63, 3.8) is 0 Å². The van der Waals surface area contributed by atoms with Crippen LogP contribution in [0.2, 0.25) is 0 Å². The molecule has 0 saturated carbocycles. The van der Waals surface area contributed by atoms with Gasteiger partial charge in [-0.25, -0.2) is 0 Å². The van der Waals surface area contributed by atoms with Gasteiger partial charge in [-0.1, -0.05) is 60.7 Å². The van der Waals surface area contributed by atoms with Gasteiger partial charge in [0.15, 0.2) is 0 Å². The van der Waals surface area contributed by atoms with E-state index < -0.39 is 0 Å². The molecule has 144 valence electrons. The van der Waals surface area contributed by atoms with Crippen LogP contribution in [0.15, 0.2) is 85.1 Å². The van der Waals surface area contributed by atoms with Crippen molar-refractivity contribution in [1.82, 2.24) is 20.1 Å². The Labute approximate surface area is 170 Å². The largest absolute Gasteiger partial charge is 0.350 e. The highest BCUT2D eigenvalue weighted by Crippen LogP contribution is 2.19.